The summed E-state index contributed by atoms with van der Waals surface area (Å²) in [5.74, 6) is 0.503. The number of hydrogen-bond acceptors (Lipinski definition) is 4. The largest absolute Gasteiger partial charge is 0.490 e. The van der Waals surface area contributed by atoms with Crippen molar-refractivity contribution >= 4 is 21.7 Å². The number of para-hydroxylation sites is 2. The van der Waals surface area contributed by atoms with Gasteiger partial charge >= 0.3 is 10.1 Å². The van der Waals surface area contributed by atoms with Gasteiger partial charge in [0.05, 0.1) is 11.6 Å². The molecule has 0 aromatic heterocycles. The normalized spacial score (nSPS) is 11.2. The molecule has 0 aliphatic carbocycles. The summed E-state index contributed by atoms with van der Waals surface area (Å²) in [6.07, 6.45) is 0. The number of rotatable bonds is 5. The molecular formula is C15H15ClO4S. The van der Waals surface area contributed by atoms with Gasteiger partial charge in [-0.05, 0) is 43.7 Å². The van der Waals surface area contributed by atoms with E-state index in [0.29, 0.717) is 12.4 Å². The van der Waals surface area contributed by atoms with Gasteiger partial charge in [0, 0.05) is 0 Å². The van der Waals surface area contributed by atoms with E-state index in [1.54, 1.807) is 30.3 Å². The van der Waals surface area contributed by atoms with E-state index in [0.717, 1.165) is 5.56 Å². The molecule has 0 amide bonds. The molecule has 0 aliphatic heterocycles. The van der Waals surface area contributed by atoms with Gasteiger partial charge in [-0.1, -0.05) is 29.8 Å². The predicted molar refractivity (Wildman–Crippen MR) is 81.6 cm³/mol. The zero-order chi connectivity index (χ0) is 15.5. The van der Waals surface area contributed by atoms with Gasteiger partial charge in [0.15, 0.2) is 11.5 Å². The Labute approximate surface area is 129 Å². The first-order chi connectivity index (χ1) is 9.94. The van der Waals surface area contributed by atoms with Crippen LogP contribution in [0.25, 0.3) is 0 Å². The summed E-state index contributed by atoms with van der Waals surface area (Å²) >= 11 is 5.99. The number of benzene rings is 2. The zero-order valence-corrected chi connectivity index (χ0v) is 13.2. The molecule has 0 aliphatic rings. The van der Waals surface area contributed by atoms with Crippen LogP contribution in [0.4, 0.5) is 0 Å². The molecule has 112 valence electrons. The molecule has 2 rings (SSSR count). The summed E-state index contributed by atoms with van der Waals surface area (Å²) in [7, 11) is -4.01. The Balaban J connectivity index is 2.38. The molecule has 21 heavy (non-hydrogen) atoms. The third-order valence-corrected chi connectivity index (χ3v) is 4.42. The van der Waals surface area contributed by atoms with Gasteiger partial charge in [-0.15, -0.1) is 0 Å². The first-order valence-electron chi connectivity index (χ1n) is 6.36. The lowest BCUT2D eigenvalue weighted by Crippen LogP contribution is -2.11. The van der Waals surface area contributed by atoms with Crippen LogP contribution >= 0.6 is 11.6 Å². The topological polar surface area (TPSA) is 52.6 Å². The first-order valence-corrected chi connectivity index (χ1v) is 8.15. The Hall–Kier alpha value is -1.72. The molecule has 2 aromatic rings. The molecular weight excluding hydrogens is 312 g/mol. The number of aryl methyl sites for hydroxylation is 1. The molecule has 0 unspecified atom stereocenters. The van der Waals surface area contributed by atoms with Gasteiger partial charge in [0.25, 0.3) is 0 Å². The van der Waals surface area contributed by atoms with Crippen LogP contribution in [0.5, 0.6) is 11.5 Å². The summed E-state index contributed by atoms with van der Waals surface area (Å²) in [5.41, 5.74) is 0.869. The second kappa shape index (κ2) is 6.37. The highest BCUT2D eigenvalue weighted by atomic mass is 35.5. The monoisotopic (exact) mass is 326 g/mol. The minimum Gasteiger partial charge on any atom is -0.490 e. The van der Waals surface area contributed by atoms with Crippen LogP contribution in [0.15, 0.2) is 47.4 Å². The summed E-state index contributed by atoms with van der Waals surface area (Å²) < 4.78 is 35.2. The summed E-state index contributed by atoms with van der Waals surface area (Å²) in [6.45, 7) is 4.04. The van der Waals surface area contributed by atoms with Crippen molar-refractivity contribution in [1.29, 1.82) is 0 Å². The van der Waals surface area contributed by atoms with Crippen molar-refractivity contribution in [3.05, 3.63) is 53.1 Å². The maximum atomic E-state index is 12.3. The molecule has 0 spiro atoms. The zero-order valence-electron chi connectivity index (χ0n) is 11.7. The molecule has 0 radical (unpaired) electrons. The molecule has 0 N–H and O–H groups in total. The van der Waals surface area contributed by atoms with E-state index in [2.05, 4.69) is 0 Å². The van der Waals surface area contributed by atoms with Crippen LogP contribution in [-0.4, -0.2) is 15.0 Å². The molecule has 0 saturated heterocycles. The van der Waals surface area contributed by atoms with Crippen LogP contribution < -0.4 is 8.92 Å². The van der Waals surface area contributed by atoms with Crippen LogP contribution in [0.3, 0.4) is 0 Å². The van der Waals surface area contributed by atoms with Crippen molar-refractivity contribution in [2.24, 2.45) is 0 Å². The van der Waals surface area contributed by atoms with Crippen molar-refractivity contribution < 1.29 is 17.3 Å². The minimum atomic E-state index is -4.01. The van der Waals surface area contributed by atoms with Crippen LogP contribution in [0.2, 0.25) is 5.02 Å². The lowest BCUT2D eigenvalue weighted by Gasteiger charge is -2.12. The molecule has 0 saturated carbocycles. The average Bonchev–Trinajstić information content (AvgIpc) is 2.40. The van der Waals surface area contributed by atoms with Crippen molar-refractivity contribution in [2.45, 2.75) is 18.7 Å². The van der Waals surface area contributed by atoms with Gasteiger partial charge in [-0.3, -0.25) is 0 Å². The highest BCUT2D eigenvalue weighted by Gasteiger charge is 2.22. The van der Waals surface area contributed by atoms with E-state index >= 15 is 0 Å². The summed E-state index contributed by atoms with van der Waals surface area (Å²) in [6, 6.07) is 11.3. The highest BCUT2D eigenvalue weighted by molar-refractivity contribution is 7.87. The lowest BCUT2D eigenvalue weighted by molar-refractivity contribution is 0.327. The smallest absolute Gasteiger partial charge is 0.340 e. The van der Waals surface area contributed by atoms with E-state index in [4.69, 9.17) is 20.5 Å². The van der Waals surface area contributed by atoms with E-state index < -0.39 is 10.1 Å². The second-order valence-corrected chi connectivity index (χ2v) is 6.27. The third kappa shape index (κ3) is 3.68. The molecule has 0 bridgehead atoms. The Morgan fingerprint density at radius 2 is 1.76 bits per heavy atom. The number of hydrogen-bond donors (Lipinski definition) is 0. The van der Waals surface area contributed by atoms with Gasteiger partial charge in [-0.25, -0.2) is 0 Å². The Bertz CT molecular complexity index is 741. The Morgan fingerprint density at radius 3 is 2.38 bits per heavy atom. The van der Waals surface area contributed by atoms with Crippen molar-refractivity contribution in [3.63, 3.8) is 0 Å². The van der Waals surface area contributed by atoms with Gasteiger partial charge in [0.1, 0.15) is 4.90 Å². The molecule has 0 fully saturated rings. The van der Waals surface area contributed by atoms with Crippen molar-refractivity contribution in [2.75, 3.05) is 6.61 Å². The Kier molecular flexibility index (Phi) is 4.75. The van der Waals surface area contributed by atoms with E-state index in [9.17, 15) is 8.42 Å². The fourth-order valence-electron chi connectivity index (χ4n) is 1.77. The first kappa shape index (κ1) is 15.7. The predicted octanol–water partition coefficient (Wildman–Crippen LogP) is 3.81. The molecule has 0 atom stereocenters. The van der Waals surface area contributed by atoms with E-state index in [-0.39, 0.29) is 15.7 Å². The molecule has 2 aromatic carbocycles. The van der Waals surface area contributed by atoms with Crippen molar-refractivity contribution in [1.82, 2.24) is 0 Å². The van der Waals surface area contributed by atoms with E-state index in [1.165, 1.54) is 12.1 Å². The van der Waals surface area contributed by atoms with E-state index in [1.807, 2.05) is 13.8 Å². The third-order valence-electron chi connectivity index (χ3n) is 2.71. The molecule has 6 heteroatoms. The SMILES string of the molecule is CCOc1ccccc1OS(=O)(=O)c1ccc(C)cc1Cl. The summed E-state index contributed by atoms with van der Waals surface area (Å²) in [4.78, 5) is -0.0685. The standard InChI is InChI=1S/C15H15ClO4S/c1-3-19-13-6-4-5-7-14(13)20-21(17,18)15-9-8-11(2)10-12(15)16/h4-10H,3H2,1-2H3. The van der Waals surface area contributed by atoms with Crippen molar-refractivity contribution in [3.8, 4) is 11.5 Å². The summed E-state index contributed by atoms with van der Waals surface area (Å²) in [5, 5.41) is 0.129. The highest BCUT2D eigenvalue weighted by Crippen LogP contribution is 2.31. The second-order valence-electron chi connectivity index (χ2n) is 4.35. The molecule has 0 heterocycles. The van der Waals surface area contributed by atoms with Crippen LogP contribution in [0, 0.1) is 6.92 Å². The van der Waals surface area contributed by atoms with Crippen LogP contribution in [0.1, 0.15) is 12.5 Å². The van der Waals surface area contributed by atoms with Crippen LogP contribution in [-0.2, 0) is 10.1 Å². The quantitative estimate of drug-likeness (QED) is 0.784. The maximum absolute atomic E-state index is 12.3. The lowest BCUT2D eigenvalue weighted by atomic mass is 10.2. The number of ether oxygens (including phenoxy) is 1. The Morgan fingerprint density at radius 1 is 1.10 bits per heavy atom. The number of halogens is 1. The fourth-order valence-corrected chi connectivity index (χ4v) is 3.28. The van der Waals surface area contributed by atoms with Gasteiger partial charge < -0.3 is 8.92 Å². The maximum Gasteiger partial charge on any atom is 0.340 e. The van der Waals surface area contributed by atoms with Gasteiger partial charge in [0.2, 0.25) is 0 Å². The minimum absolute atomic E-state index is 0.0685. The molecule has 4 nitrogen and oxygen atoms in total. The fraction of sp³-hybridized carbons (Fsp3) is 0.200. The average molecular weight is 327 g/mol. The van der Waals surface area contributed by atoms with Gasteiger partial charge in [-0.2, -0.15) is 8.42 Å².